The van der Waals surface area contributed by atoms with E-state index in [4.69, 9.17) is 9.47 Å². The first-order valence-electron chi connectivity index (χ1n) is 15.6. The Morgan fingerprint density at radius 3 is 2.15 bits per heavy atom. The van der Waals surface area contributed by atoms with Crippen LogP contribution >= 0.6 is 0 Å². The third-order valence-corrected chi connectivity index (χ3v) is 7.65. The lowest BCUT2D eigenvalue weighted by Crippen LogP contribution is -2.53. The normalized spacial score (nSPS) is 15.6. The second-order valence-corrected chi connectivity index (χ2v) is 11.8. The molecule has 0 spiro atoms. The van der Waals surface area contributed by atoms with Crippen molar-refractivity contribution in [3.63, 3.8) is 0 Å². The average molecular weight is 641 g/mol. The molecule has 1 aliphatic rings. The minimum Gasteiger partial charge on any atom is -0.461 e. The standard InChI is InChI=1S/C35H43F3N4O4/c1-25(2)21-31(41-33(35(36,37)38)27-11-7-4-8-12-27)34(44)40-29(22-32(43)46-24-26-9-5-3-6-10-26)23-39-28-13-15-30(16-14-28)42-17-19-45-20-18-42/h3-16,25,29,31,33,39,41H,17-24H2,1-2H3,(H,40,44)/t29-,31-,33-/m0/s1. The van der Waals surface area contributed by atoms with Crippen molar-refractivity contribution in [2.75, 3.05) is 43.1 Å². The first kappa shape index (κ1) is 34.8. The van der Waals surface area contributed by atoms with Gasteiger partial charge in [0, 0.05) is 31.0 Å². The number of carbonyl (C=O) groups excluding carboxylic acids is 2. The smallest absolute Gasteiger partial charge is 0.407 e. The van der Waals surface area contributed by atoms with Crippen molar-refractivity contribution in [2.24, 2.45) is 5.92 Å². The van der Waals surface area contributed by atoms with Crippen molar-refractivity contribution in [3.05, 3.63) is 96.1 Å². The molecule has 1 saturated heterocycles. The van der Waals surface area contributed by atoms with Crippen LogP contribution in [-0.4, -0.2) is 63.0 Å². The van der Waals surface area contributed by atoms with Gasteiger partial charge in [-0.05, 0) is 47.7 Å². The molecule has 1 fully saturated rings. The van der Waals surface area contributed by atoms with Crippen molar-refractivity contribution >= 4 is 23.3 Å². The second-order valence-electron chi connectivity index (χ2n) is 11.8. The highest BCUT2D eigenvalue weighted by atomic mass is 19.4. The van der Waals surface area contributed by atoms with Gasteiger partial charge in [0.25, 0.3) is 0 Å². The highest BCUT2D eigenvalue weighted by Gasteiger charge is 2.43. The third-order valence-electron chi connectivity index (χ3n) is 7.65. The minimum atomic E-state index is -4.63. The van der Waals surface area contributed by atoms with Gasteiger partial charge in [-0.25, -0.2) is 0 Å². The Morgan fingerprint density at radius 1 is 0.913 bits per heavy atom. The van der Waals surface area contributed by atoms with Crippen molar-refractivity contribution in [1.29, 1.82) is 0 Å². The fourth-order valence-electron chi connectivity index (χ4n) is 5.28. The van der Waals surface area contributed by atoms with E-state index in [1.54, 1.807) is 6.07 Å². The Morgan fingerprint density at radius 2 is 1.54 bits per heavy atom. The summed E-state index contributed by atoms with van der Waals surface area (Å²) in [6.07, 6.45) is -4.65. The van der Waals surface area contributed by atoms with Gasteiger partial charge in [0.15, 0.2) is 0 Å². The van der Waals surface area contributed by atoms with E-state index in [2.05, 4.69) is 20.9 Å². The molecule has 3 aromatic rings. The van der Waals surface area contributed by atoms with Gasteiger partial charge in [-0.3, -0.25) is 14.9 Å². The molecule has 3 atom stereocenters. The lowest BCUT2D eigenvalue weighted by Gasteiger charge is -2.30. The van der Waals surface area contributed by atoms with E-state index in [1.807, 2.05) is 68.4 Å². The molecule has 1 aliphatic heterocycles. The third kappa shape index (κ3) is 11.1. The molecule has 3 aromatic carbocycles. The molecule has 11 heteroatoms. The highest BCUT2D eigenvalue weighted by Crippen LogP contribution is 2.33. The zero-order chi connectivity index (χ0) is 32.9. The number of rotatable bonds is 15. The molecule has 8 nitrogen and oxygen atoms in total. The van der Waals surface area contributed by atoms with Gasteiger partial charge in [0.1, 0.15) is 12.6 Å². The van der Waals surface area contributed by atoms with Crippen LogP contribution in [0.5, 0.6) is 0 Å². The quantitative estimate of drug-likeness (QED) is 0.179. The number of nitrogens with one attached hydrogen (secondary N) is 3. The van der Waals surface area contributed by atoms with E-state index < -0.39 is 36.2 Å². The molecule has 46 heavy (non-hydrogen) atoms. The van der Waals surface area contributed by atoms with Crippen LogP contribution in [0.1, 0.15) is 43.9 Å². The summed E-state index contributed by atoms with van der Waals surface area (Å²) in [5.74, 6) is -1.24. The molecular weight excluding hydrogens is 597 g/mol. The summed E-state index contributed by atoms with van der Waals surface area (Å²) in [5.41, 5.74) is 2.66. The van der Waals surface area contributed by atoms with Gasteiger partial charge in [0.05, 0.1) is 31.7 Å². The number of anilines is 2. The Labute approximate surface area is 268 Å². The molecule has 0 unspecified atom stereocenters. The van der Waals surface area contributed by atoms with E-state index in [9.17, 15) is 22.8 Å². The van der Waals surface area contributed by atoms with Gasteiger partial charge in [-0.1, -0.05) is 74.5 Å². The number of carbonyl (C=O) groups is 2. The first-order valence-corrected chi connectivity index (χ1v) is 15.6. The summed E-state index contributed by atoms with van der Waals surface area (Å²) in [7, 11) is 0. The molecule has 248 valence electrons. The maximum atomic E-state index is 14.2. The minimum absolute atomic E-state index is 0.0137. The van der Waals surface area contributed by atoms with Gasteiger partial charge in [0.2, 0.25) is 5.91 Å². The Kier molecular flexibility index (Phi) is 12.9. The Bertz CT molecular complexity index is 1350. The van der Waals surface area contributed by atoms with Crippen LogP contribution < -0.4 is 20.9 Å². The molecular formula is C35H43F3N4O4. The van der Waals surface area contributed by atoms with Crippen molar-refractivity contribution in [3.8, 4) is 0 Å². The topological polar surface area (TPSA) is 91.9 Å². The van der Waals surface area contributed by atoms with Crippen LogP contribution in [0.15, 0.2) is 84.9 Å². The SMILES string of the molecule is CC(C)C[C@H](N[C@@H](c1ccccc1)C(F)(F)F)C(=O)N[C@H](CNc1ccc(N2CCOCC2)cc1)CC(=O)OCc1ccccc1. The second kappa shape index (κ2) is 17.0. The van der Waals surface area contributed by atoms with Crippen molar-refractivity contribution in [1.82, 2.24) is 10.6 Å². The Hall–Kier alpha value is -4.09. The van der Waals surface area contributed by atoms with Crippen LogP contribution in [0.2, 0.25) is 0 Å². The number of amides is 1. The van der Waals surface area contributed by atoms with E-state index in [0.717, 1.165) is 30.0 Å². The fraction of sp³-hybridized carbons (Fsp3) is 0.429. The number of benzene rings is 3. The number of alkyl halides is 3. The van der Waals surface area contributed by atoms with Gasteiger partial charge < -0.3 is 25.0 Å². The van der Waals surface area contributed by atoms with Crippen LogP contribution in [0, 0.1) is 5.92 Å². The number of hydrogen-bond acceptors (Lipinski definition) is 7. The van der Waals surface area contributed by atoms with Crippen LogP contribution in [-0.2, 0) is 25.7 Å². The average Bonchev–Trinajstić information content (AvgIpc) is 3.05. The zero-order valence-corrected chi connectivity index (χ0v) is 26.3. The van der Waals surface area contributed by atoms with E-state index in [0.29, 0.717) is 13.2 Å². The maximum absolute atomic E-state index is 14.2. The molecule has 1 amide bonds. The summed E-state index contributed by atoms with van der Waals surface area (Å²) in [5, 5.41) is 8.67. The largest absolute Gasteiger partial charge is 0.461 e. The van der Waals surface area contributed by atoms with Crippen LogP contribution in [0.4, 0.5) is 24.5 Å². The number of morpholine rings is 1. The lowest BCUT2D eigenvalue weighted by molar-refractivity contribution is -0.161. The van der Waals surface area contributed by atoms with Gasteiger partial charge in [-0.2, -0.15) is 13.2 Å². The van der Waals surface area contributed by atoms with Crippen LogP contribution in [0.3, 0.4) is 0 Å². The van der Waals surface area contributed by atoms with E-state index in [-0.39, 0.29) is 37.5 Å². The molecule has 0 saturated carbocycles. The van der Waals surface area contributed by atoms with Crippen LogP contribution in [0.25, 0.3) is 0 Å². The molecule has 3 N–H and O–H groups in total. The molecule has 0 aliphatic carbocycles. The predicted molar refractivity (Wildman–Crippen MR) is 172 cm³/mol. The molecule has 0 bridgehead atoms. The van der Waals surface area contributed by atoms with E-state index in [1.165, 1.54) is 24.3 Å². The molecule has 0 radical (unpaired) electrons. The summed E-state index contributed by atoms with van der Waals surface area (Å²) < 4.78 is 53.5. The van der Waals surface area contributed by atoms with Crippen molar-refractivity contribution < 1.29 is 32.2 Å². The number of nitrogens with zero attached hydrogens (tertiary/aromatic N) is 1. The van der Waals surface area contributed by atoms with Crippen molar-refractivity contribution in [2.45, 2.75) is 57.6 Å². The monoisotopic (exact) mass is 640 g/mol. The fourth-order valence-corrected chi connectivity index (χ4v) is 5.28. The van der Waals surface area contributed by atoms with E-state index >= 15 is 0 Å². The molecule has 0 aromatic heterocycles. The summed E-state index contributed by atoms with van der Waals surface area (Å²) in [6, 6.07) is 20.5. The molecule has 1 heterocycles. The number of esters is 1. The maximum Gasteiger partial charge on any atom is 0.407 e. The van der Waals surface area contributed by atoms with Gasteiger partial charge in [-0.15, -0.1) is 0 Å². The van der Waals surface area contributed by atoms with Gasteiger partial charge >= 0.3 is 12.1 Å². The zero-order valence-electron chi connectivity index (χ0n) is 26.3. The lowest BCUT2D eigenvalue weighted by atomic mass is 9.99. The first-order chi connectivity index (χ1) is 22.1. The number of ether oxygens (including phenoxy) is 2. The predicted octanol–water partition coefficient (Wildman–Crippen LogP) is 5.86. The molecule has 4 rings (SSSR count). The summed E-state index contributed by atoms with van der Waals surface area (Å²) in [4.78, 5) is 28.8. The summed E-state index contributed by atoms with van der Waals surface area (Å²) >= 11 is 0. The Balaban J connectivity index is 1.47. The number of hydrogen-bond donors (Lipinski definition) is 3. The number of halogens is 3. The highest BCUT2D eigenvalue weighted by molar-refractivity contribution is 5.83. The summed E-state index contributed by atoms with van der Waals surface area (Å²) in [6.45, 7) is 6.85.